The molecule has 0 fully saturated rings. The van der Waals surface area contributed by atoms with Crippen molar-refractivity contribution in [2.75, 3.05) is 23.4 Å². The number of nitriles is 1. The molecular formula is C16H18N4O2S. The Bertz CT molecular complexity index is 709. The molecule has 120 valence electrons. The Balaban J connectivity index is 2.40. The van der Waals surface area contributed by atoms with Crippen molar-refractivity contribution in [1.82, 2.24) is 4.98 Å². The summed E-state index contributed by atoms with van der Waals surface area (Å²) < 4.78 is 0. The van der Waals surface area contributed by atoms with Crippen LogP contribution in [0.4, 0.5) is 10.9 Å². The van der Waals surface area contributed by atoms with Crippen molar-refractivity contribution in [3.05, 3.63) is 40.8 Å². The maximum Gasteiger partial charge on any atom is 0.225 e. The number of hydrogen-bond acceptors (Lipinski definition) is 6. The molecule has 0 spiro atoms. The first-order valence-corrected chi connectivity index (χ1v) is 8.00. The second-order valence-electron chi connectivity index (χ2n) is 4.91. The molecule has 0 aliphatic carbocycles. The summed E-state index contributed by atoms with van der Waals surface area (Å²) in [5.41, 5.74) is 0.962. The van der Waals surface area contributed by atoms with Gasteiger partial charge in [0, 0.05) is 13.5 Å². The van der Waals surface area contributed by atoms with Gasteiger partial charge in [-0.1, -0.05) is 41.7 Å². The number of carbonyl (C=O) groups is 1. The van der Waals surface area contributed by atoms with Crippen LogP contribution >= 0.6 is 11.3 Å². The third-order valence-corrected chi connectivity index (χ3v) is 4.24. The molecule has 2 aromatic rings. The van der Waals surface area contributed by atoms with E-state index >= 15 is 0 Å². The second-order valence-corrected chi connectivity index (χ2v) is 5.91. The quantitative estimate of drug-likeness (QED) is 0.849. The SMILES string of the molecule is CC(=O)N(c1nc(NCCO)sc1C#N)C(C)c1ccccc1. The Labute approximate surface area is 139 Å². The van der Waals surface area contributed by atoms with Crippen LogP contribution in [0, 0.1) is 11.3 Å². The molecule has 0 saturated heterocycles. The second kappa shape index (κ2) is 7.72. The number of amides is 1. The number of nitrogens with zero attached hydrogens (tertiary/aromatic N) is 3. The van der Waals surface area contributed by atoms with Crippen LogP contribution in [-0.2, 0) is 4.79 Å². The van der Waals surface area contributed by atoms with Crippen LogP contribution < -0.4 is 10.2 Å². The summed E-state index contributed by atoms with van der Waals surface area (Å²) in [6.45, 7) is 3.67. The highest BCUT2D eigenvalue weighted by molar-refractivity contribution is 7.16. The lowest BCUT2D eigenvalue weighted by atomic mass is 10.1. The lowest BCUT2D eigenvalue weighted by Crippen LogP contribution is -2.32. The first kappa shape index (κ1) is 16.9. The number of rotatable bonds is 6. The molecule has 1 atom stereocenters. The summed E-state index contributed by atoms with van der Waals surface area (Å²) >= 11 is 1.17. The van der Waals surface area contributed by atoms with E-state index < -0.39 is 0 Å². The third kappa shape index (κ3) is 3.86. The minimum atomic E-state index is -0.242. The molecule has 7 heteroatoms. The van der Waals surface area contributed by atoms with Gasteiger partial charge in [0.2, 0.25) is 5.91 Å². The molecule has 1 unspecified atom stereocenters. The van der Waals surface area contributed by atoms with Crippen molar-refractivity contribution in [1.29, 1.82) is 5.26 Å². The maximum atomic E-state index is 12.2. The molecule has 23 heavy (non-hydrogen) atoms. The first-order valence-electron chi connectivity index (χ1n) is 7.19. The van der Waals surface area contributed by atoms with E-state index in [4.69, 9.17) is 5.11 Å². The van der Waals surface area contributed by atoms with Crippen LogP contribution in [0.1, 0.15) is 30.3 Å². The zero-order valence-corrected chi connectivity index (χ0v) is 13.8. The lowest BCUT2D eigenvalue weighted by molar-refractivity contribution is -0.117. The summed E-state index contributed by atoms with van der Waals surface area (Å²) in [5, 5.41) is 21.7. The summed E-state index contributed by atoms with van der Waals surface area (Å²) in [6.07, 6.45) is 0. The molecule has 1 heterocycles. The smallest absolute Gasteiger partial charge is 0.225 e. The van der Waals surface area contributed by atoms with Gasteiger partial charge >= 0.3 is 0 Å². The first-order chi connectivity index (χ1) is 11.1. The Morgan fingerprint density at radius 1 is 1.48 bits per heavy atom. The van der Waals surface area contributed by atoms with Crippen molar-refractivity contribution < 1.29 is 9.90 Å². The highest BCUT2D eigenvalue weighted by Crippen LogP contribution is 2.34. The Kier molecular flexibility index (Phi) is 5.68. The predicted molar refractivity (Wildman–Crippen MR) is 90.4 cm³/mol. The normalized spacial score (nSPS) is 11.6. The van der Waals surface area contributed by atoms with Crippen LogP contribution in [0.15, 0.2) is 30.3 Å². The highest BCUT2D eigenvalue weighted by atomic mass is 32.1. The summed E-state index contributed by atoms with van der Waals surface area (Å²) in [5.74, 6) is 0.165. The van der Waals surface area contributed by atoms with Gasteiger partial charge in [-0.25, -0.2) is 4.98 Å². The number of aliphatic hydroxyl groups is 1. The van der Waals surface area contributed by atoms with Gasteiger partial charge in [0.05, 0.1) is 12.6 Å². The van der Waals surface area contributed by atoms with Crippen LogP contribution in [0.5, 0.6) is 0 Å². The molecule has 0 aliphatic rings. The van der Waals surface area contributed by atoms with E-state index in [1.54, 1.807) is 0 Å². The van der Waals surface area contributed by atoms with Crippen LogP contribution in [-0.4, -0.2) is 29.1 Å². The molecule has 0 saturated carbocycles. The molecule has 2 rings (SSSR count). The predicted octanol–water partition coefficient (Wildman–Crippen LogP) is 2.53. The Morgan fingerprint density at radius 2 is 2.17 bits per heavy atom. The molecule has 0 bridgehead atoms. The topological polar surface area (TPSA) is 89.2 Å². The lowest BCUT2D eigenvalue weighted by Gasteiger charge is -2.26. The molecule has 1 aromatic carbocycles. The van der Waals surface area contributed by atoms with Crippen molar-refractivity contribution in [3.63, 3.8) is 0 Å². The molecule has 1 amide bonds. The van der Waals surface area contributed by atoms with Gasteiger partial charge in [-0.2, -0.15) is 5.26 Å². The molecule has 6 nitrogen and oxygen atoms in total. The number of carbonyl (C=O) groups excluding carboxylic acids is 1. The Morgan fingerprint density at radius 3 is 2.74 bits per heavy atom. The number of anilines is 2. The van der Waals surface area contributed by atoms with Crippen LogP contribution in [0.3, 0.4) is 0 Å². The van der Waals surface area contributed by atoms with E-state index in [0.29, 0.717) is 22.4 Å². The zero-order valence-electron chi connectivity index (χ0n) is 13.0. The zero-order chi connectivity index (χ0) is 16.8. The average Bonchev–Trinajstić information content (AvgIpc) is 2.96. The fourth-order valence-corrected chi connectivity index (χ4v) is 3.05. The number of nitrogens with one attached hydrogen (secondary N) is 1. The minimum absolute atomic E-state index is 0.0341. The highest BCUT2D eigenvalue weighted by Gasteiger charge is 2.26. The van der Waals surface area contributed by atoms with Crippen LogP contribution in [0.25, 0.3) is 0 Å². The van der Waals surface area contributed by atoms with E-state index in [-0.39, 0.29) is 18.6 Å². The van der Waals surface area contributed by atoms with Gasteiger partial charge in [0.15, 0.2) is 15.8 Å². The van der Waals surface area contributed by atoms with Crippen LogP contribution in [0.2, 0.25) is 0 Å². The van der Waals surface area contributed by atoms with Crippen molar-refractivity contribution >= 4 is 28.2 Å². The maximum absolute atomic E-state index is 12.2. The average molecular weight is 330 g/mol. The summed E-state index contributed by atoms with van der Waals surface area (Å²) in [7, 11) is 0. The summed E-state index contributed by atoms with van der Waals surface area (Å²) in [4.78, 5) is 18.4. The largest absolute Gasteiger partial charge is 0.395 e. The molecule has 0 radical (unpaired) electrons. The molecule has 2 N–H and O–H groups in total. The number of thiazole rings is 1. The summed E-state index contributed by atoms with van der Waals surface area (Å²) in [6, 6.07) is 11.4. The van der Waals surface area contributed by atoms with E-state index in [2.05, 4.69) is 16.4 Å². The molecule has 1 aromatic heterocycles. The van der Waals surface area contributed by atoms with Gasteiger partial charge in [0.1, 0.15) is 6.07 Å². The van der Waals surface area contributed by atoms with Gasteiger partial charge < -0.3 is 10.4 Å². The third-order valence-electron chi connectivity index (χ3n) is 3.34. The minimum Gasteiger partial charge on any atom is -0.395 e. The standard InChI is InChI=1S/C16H18N4O2S/c1-11(13-6-4-3-5-7-13)20(12(2)22)15-14(10-17)23-16(19-15)18-8-9-21/h3-7,11,21H,8-9H2,1-2H3,(H,18,19). The van der Waals surface area contributed by atoms with E-state index in [9.17, 15) is 10.1 Å². The van der Waals surface area contributed by atoms with Gasteiger partial charge in [0.25, 0.3) is 0 Å². The number of aliphatic hydroxyl groups excluding tert-OH is 1. The van der Waals surface area contributed by atoms with Crippen molar-refractivity contribution in [2.45, 2.75) is 19.9 Å². The molecular weight excluding hydrogens is 312 g/mol. The Hall–Kier alpha value is -2.43. The molecule has 0 aliphatic heterocycles. The fraction of sp³-hybridized carbons (Fsp3) is 0.312. The van der Waals surface area contributed by atoms with Gasteiger partial charge in [-0.3, -0.25) is 9.69 Å². The van der Waals surface area contributed by atoms with Crippen molar-refractivity contribution in [3.8, 4) is 6.07 Å². The van der Waals surface area contributed by atoms with Gasteiger partial charge in [-0.05, 0) is 12.5 Å². The monoisotopic (exact) mass is 330 g/mol. The number of aromatic nitrogens is 1. The van der Waals surface area contributed by atoms with E-state index in [1.807, 2.05) is 37.3 Å². The van der Waals surface area contributed by atoms with Gasteiger partial charge in [-0.15, -0.1) is 0 Å². The van der Waals surface area contributed by atoms with E-state index in [0.717, 1.165) is 5.56 Å². The fourth-order valence-electron chi connectivity index (χ4n) is 2.27. The van der Waals surface area contributed by atoms with E-state index in [1.165, 1.54) is 23.2 Å². The van der Waals surface area contributed by atoms with Crippen molar-refractivity contribution in [2.24, 2.45) is 0 Å². The number of benzene rings is 1. The number of hydrogen-bond donors (Lipinski definition) is 2.